The molecule has 2 aromatic rings. The van der Waals surface area contributed by atoms with Gasteiger partial charge in [0.15, 0.2) is 0 Å². The summed E-state index contributed by atoms with van der Waals surface area (Å²) >= 11 is 0. The van der Waals surface area contributed by atoms with Gasteiger partial charge >= 0.3 is 6.09 Å². The first-order chi connectivity index (χ1) is 12.3. The average molecular weight is 351 g/mol. The zero-order valence-corrected chi connectivity index (χ0v) is 15.6. The predicted molar refractivity (Wildman–Crippen MR) is 102 cm³/mol. The van der Waals surface area contributed by atoms with Crippen molar-refractivity contribution in [3.8, 4) is 11.1 Å². The lowest BCUT2D eigenvalue weighted by molar-refractivity contribution is -0.132. The lowest BCUT2D eigenvalue weighted by Crippen LogP contribution is -2.44. The number of carbonyl (C=O) groups is 2. The second-order valence-corrected chi connectivity index (χ2v) is 7.70. The highest BCUT2D eigenvalue weighted by Gasteiger charge is 2.33. The van der Waals surface area contributed by atoms with Gasteiger partial charge in [-0.05, 0) is 49.8 Å². The molecule has 4 heteroatoms. The molecule has 0 spiro atoms. The van der Waals surface area contributed by atoms with E-state index < -0.39 is 11.7 Å². The molecule has 1 aliphatic heterocycles. The molecule has 1 atom stereocenters. The third-order valence-electron chi connectivity index (χ3n) is 4.53. The molecule has 4 nitrogen and oxygen atoms in total. The van der Waals surface area contributed by atoms with Gasteiger partial charge in [0.1, 0.15) is 5.60 Å². The number of hydrogen-bond acceptors (Lipinski definition) is 3. The number of benzene rings is 2. The van der Waals surface area contributed by atoms with E-state index in [2.05, 4.69) is 36.4 Å². The second-order valence-electron chi connectivity index (χ2n) is 7.70. The number of hydrogen-bond donors (Lipinski definition) is 0. The smallest absolute Gasteiger partial charge is 0.417 e. The van der Waals surface area contributed by atoms with Crippen LogP contribution in [0.4, 0.5) is 4.79 Å². The van der Waals surface area contributed by atoms with E-state index in [1.165, 1.54) is 10.5 Å². The van der Waals surface area contributed by atoms with Gasteiger partial charge in [-0.1, -0.05) is 54.6 Å². The number of piperidine rings is 1. The van der Waals surface area contributed by atoms with Crippen LogP contribution in [0, 0.1) is 0 Å². The molecule has 1 fully saturated rings. The summed E-state index contributed by atoms with van der Waals surface area (Å²) in [6, 6.07) is 18.6. The normalized spacial score (nSPS) is 17.9. The van der Waals surface area contributed by atoms with E-state index in [1.54, 1.807) is 20.8 Å². The van der Waals surface area contributed by atoms with Crippen LogP contribution in [0.1, 0.15) is 45.1 Å². The minimum atomic E-state index is -0.596. The van der Waals surface area contributed by atoms with E-state index in [-0.39, 0.29) is 11.8 Å². The fraction of sp³-hybridized carbons (Fsp3) is 0.364. The molecule has 1 aliphatic rings. The van der Waals surface area contributed by atoms with E-state index in [0.717, 1.165) is 17.5 Å². The Morgan fingerprint density at radius 1 is 1.00 bits per heavy atom. The lowest BCUT2D eigenvalue weighted by Gasteiger charge is -2.32. The number of amides is 2. The van der Waals surface area contributed by atoms with Crippen molar-refractivity contribution in [2.45, 2.75) is 45.1 Å². The Bertz CT molecular complexity index is 775. The minimum Gasteiger partial charge on any atom is -0.443 e. The van der Waals surface area contributed by atoms with Gasteiger partial charge in [-0.25, -0.2) is 9.69 Å². The summed E-state index contributed by atoms with van der Waals surface area (Å²) < 4.78 is 5.32. The monoisotopic (exact) mass is 351 g/mol. The van der Waals surface area contributed by atoms with Crippen molar-refractivity contribution in [3.63, 3.8) is 0 Å². The first kappa shape index (κ1) is 18.2. The quantitative estimate of drug-likeness (QED) is 0.765. The van der Waals surface area contributed by atoms with Gasteiger partial charge in [0.2, 0.25) is 5.91 Å². The SMILES string of the molecule is CC(C)(C)OC(=O)N1CCC(c2ccc(-c3ccccc3)cc2)CC1=O. The van der Waals surface area contributed by atoms with Gasteiger partial charge in [0, 0.05) is 13.0 Å². The number of imide groups is 1. The van der Waals surface area contributed by atoms with Crippen LogP contribution < -0.4 is 0 Å². The van der Waals surface area contributed by atoms with Crippen LogP contribution in [-0.4, -0.2) is 29.0 Å². The molecule has 0 aliphatic carbocycles. The topological polar surface area (TPSA) is 46.6 Å². The van der Waals surface area contributed by atoms with Crippen LogP contribution in [0.25, 0.3) is 11.1 Å². The Labute approximate surface area is 154 Å². The Morgan fingerprint density at radius 3 is 2.19 bits per heavy atom. The Balaban J connectivity index is 1.66. The van der Waals surface area contributed by atoms with E-state index >= 15 is 0 Å². The molecule has 0 aromatic heterocycles. The fourth-order valence-electron chi connectivity index (χ4n) is 3.21. The zero-order valence-electron chi connectivity index (χ0n) is 15.6. The molecule has 1 saturated heterocycles. The Hall–Kier alpha value is -2.62. The number of nitrogens with zero attached hydrogens (tertiary/aromatic N) is 1. The summed E-state index contributed by atoms with van der Waals surface area (Å²) in [5, 5.41) is 0. The van der Waals surface area contributed by atoms with Gasteiger partial charge in [0.05, 0.1) is 0 Å². The maximum Gasteiger partial charge on any atom is 0.417 e. The maximum atomic E-state index is 12.4. The van der Waals surface area contributed by atoms with Crippen LogP contribution in [0.2, 0.25) is 0 Å². The number of likely N-dealkylation sites (tertiary alicyclic amines) is 1. The largest absolute Gasteiger partial charge is 0.443 e. The molecular weight excluding hydrogens is 326 g/mol. The molecule has 2 aromatic carbocycles. The third kappa shape index (κ3) is 4.31. The van der Waals surface area contributed by atoms with E-state index in [0.29, 0.717) is 13.0 Å². The summed E-state index contributed by atoms with van der Waals surface area (Å²) in [4.78, 5) is 25.8. The molecule has 0 saturated carbocycles. The molecule has 136 valence electrons. The van der Waals surface area contributed by atoms with Crippen molar-refractivity contribution >= 4 is 12.0 Å². The highest BCUT2D eigenvalue weighted by molar-refractivity contribution is 5.93. The summed E-state index contributed by atoms with van der Waals surface area (Å²) in [5.41, 5.74) is 2.88. The van der Waals surface area contributed by atoms with Crippen LogP contribution >= 0.6 is 0 Å². The summed E-state index contributed by atoms with van der Waals surface area (Å²) in [6.45, 7) is 5.81. The van der Waals surface area contributed by atoms with Gasteiger partial charge < -0.3 is 4.74 Å². The maximum absolute atomic E-state index is 12.4. The molecule has 1 unspecified atom stereocenters. The van der Waals surface area contributed by atoms with Crippen molar-refractivity contribution in [2.75, 3.05) is 6.54 Å². The van der Waals surface area contributed by atoms with Crippen LogP contribution in [0.15, 0.2) is 54.6 Å². The molecule has 0 bridgehead atoms. The van der Waals surface area contributed by atoms with Crippen LogP contribution in [-0.2, 0) is 9.53 Å². The highest BCUT2D eigenvalue weighted by atomic mass is 16.6. The molecule has 3 rings (SSSR count). The highest BCUT2D eigenvalue weighted by Crippen LogP contribution is 2.31. The van der Waals surface area contributed by atoms with E-state index in [4.69, 9.17) is 4.74 Å². The van der Waals surface area contributed by atoms with Gasteiger partial charge in [-0.3, -0.25) is 4.79 Å². The summed E-state index contributed by atoms with van der Waals surface area (Å²) in [7, 11) is 0. The Kier molecular flexibility index (Phi) is 5.12. The number of rotatable bonds is 2. The van der Waals surface area contributed by atoms with Crippen molar-refractivity contribution in [1.82, 2.24) is 4.90 Å². The molecule has 0 N–H and O–H groups in total. The standard InChI is InChI=1S/C22H25NO3/c1-22(2,3)26-21(25)23-14-13-19(15-20(23)24)18-11-9-17(10-12-18)16-7-5-4-6-8-16/h4-12,19H,13-15H2,1-3H3. The van der Waals surface area contributed by atoms with Crippen molar-refractivity contribution < 1.29 is 14.3 Å². The number of carbonyl (C=O) groups excluding carboxylic acids is 2. The van der Waals surface area contributed by atoms with Gasteiger partial charge in [-0.2, -0.15) is 0 Å². The second kappa shape index (κ2) is 7.32. The predicted octanol–water partition coefficient (Wildman–Crippen LogP) is 4.99. The molecule has 2 amide bonds. The van der Waals surface area contributed by atoms with Gasteiger partial charge in [-0.15, -0.1) is 0 Å². The molecule has 1 heterocycles. The first-order valence-corrected chi connectivity index (χ1v) is 9.02. The average Bonchev–Trinajstić information content (AvgIpc) is 2.61. The first-order valence-electron chi connectivity index (χ1n) is 9.02. The molecule has 0 radical (unpaired) electrons. The minimum absolute atomic E-state index is 0.144. The van der Waals surface area contributed by atoms with Crippen LogP contribution in [0.3, 0.4) is 0 Å². The summed E-state index contributed by atoms with van der Waals surface area (Å²) in [5.74, 6) is -0.0198. The lowest BCUT2D eigenvalue weighted by atomic mass is 9.88. The van der Waals surface area contributed by atoms with Crippen molar-refractivity contribution in [1.29, 1.82) is 0 Å². The zero-order chi connectivity index (χ0) is 18.7. The Morgan fingerprint density at radius 2 is 1.62 bits per heavy atom. The van der Waals surface area contributed by atoms with Crippen molar-refractivity contribution in [3.05, 3.63) is 60.2 Å². The molecule has 26 heavy (non-hydrogen) atoms. The van der Waals surface area contributed by atoms with E-state index in [1.807, 2.05) is 18.2 Å². The van der Waals surface area contributed by atoms with Crippen LogP contribution in [0.5, 0.6) is 0 Å². The fourth-order valence-corrected chi connectivity index (χ4v) is 3.21. The van der Waals surface area contributed by atoms with E-state index in [9.17, 15) is 9.59 Å². The third-order valence-corrected chi connectivity index (χ3v) is 4.53. The molecular formula is C22H25NO3. The summed E-state index contributed by atoms with van der Waals surface area (Å²) in [6.07, 6.45) is 0.555. The van der Waals surface area contributed by atoms with Gasteiger partial charge in [0.25, 0.3) is 0 Å². The number of ether oxygens (including phenoxy) is 1. The van der Waals surface area contributed by atoms with Crippen molar-refractivity contribution in [2.24, 2.45) is 0 Å².